The number of nitrogens with zero attached hydrogens (tertiary/aromatic N) is 2. The highest BCUT2D eigenvalue weighted by Gasteiger charge is 2.32. The van der Waals surface area contributed by atoms with Gasteiger partial charge in [-0.1, -0.05) is 59.8 Å². The Bertz CT molecular complexity index is 1170. The Balaban J connectivity index is 1.45. The van der Waals surface area contributed by atoms with Crippen molar-refractivity contribution in [3.8, 4) is 5.75 Å². The number of benzene rings is 2. The van der Waals surface area contributed by atoms with E-state index in [0.717, 1.165) is 11.1 Å². The predicted octanol–water partition coefficient (Wildman–Crippen LogP) is 5.85. The van der Waals surface area contributed by atoms with Crippen molar-refractivity contribution in [2.75, 3.05) is 0 Å². The van der Waals surface area contributed by atoms with E-state index in [1.807, 2.05) is 12.1 Å². The lowest BCUT2D eigenvalue weighted by atomic mass is 10.2. The van der Waals surface area contributed by atoms with Crippen molar-refractivity contribution in [1.82, 2.24) is 9.88 Å². The largest absolute Gasteiger partial charge is 0.487 e. The van der Waals surface area contributed by atoms with Crippen LogP contribution < -0.4 is 4.74 Å². The minimum absolute atomic E-state index is 0.151. The number of halogens is 2. The van der Waals surface area contributed by atoms with E-state index in [9.17, 15) is 9.18 Å². The van der Waals surface area contributed by atoms with Gasteiger partial charge in [0.1, 0.15) is 22.5 Å². The van der Waals surface area contributed by atoms with Crippen LogP contribution in [0.1, 0.15) is 16.7 Å². The van der Waals surface area contributed by atoms with Crippen LogP contribution in [0.25, 0.3) is 6.08 Å². The maximum Gasteiger partial charge on any atom is 0.266 e. The number of thiocarbonyl (C=S) groups is 1. The second-order valence-corrected chi connectivity index (χ2v) is 8.82. The molecule has 0 bridgehead atoms. The molecule has 1 aliphatic heterocycles. The van der Waals surface area contributed by atoms with Crippen LogP contribution in [-0.4, -0.2) is 20.1 Å². The van der Waals surface area contributed by atoms with Gasteiger partial charge in [-0.25, -0.2) is 4.39 Å². The SMILES string of the molecule is O=C1C(=Cc2ccc(OCc3cccc(F)c3)c(Cl)c2)SC(=S)N1Cc1cccnc1. The Kier molecular flexibility index (Phi) is 6.65. The van der Waals surface area contributed by atoms with Crippen LogP contribution in [0.5, 0.6) is 5.75 Å². The quantitative estimate of drug-likeness (QED) is 0.333. The molecule has 2 aromatic carbocycles. The zero-order valence-electron chi connectivity index (χ0n) is 16.1. The lowest BCUT2D eigenvalue weighted by Gasteiger charge is -2.13. The average Bonchev–Trinajstić information content (AvgIpc) is 3.01. The first kappa shape index (κ1) is 21.5. The van der Waals surface area contributed by atoms with Gasteiger partial charge < -0.3 is 4.74 Å². The van der Waals surface area contributed by atoms with Gasteiger partial charge in [-0.3, -0.25) is 14.7 Å². The number of ether oxygens (including phenoxy) is 1. The summed E-state index contributed by atoms with van der Waals surface area (Å²) in [5.74, 6) is 0.0111. The van der Waals surface area contributed by atoms with Crippen LogP contribution in [0.15, 0.2) is 71.9 Å². The van der Waals surface area contributed by atoms with Crippen molar-refractivity contribution in [2.24, 2.45) is 0 Å². The summed E-state index contributed by atoms with van der Waals surface area (Å²) in [5.41, 5.74) is 2.37. The highest BCUT2D eigenvalue weighted by atomic mass is 35.5. The summed E-state index contributed by atoms with van der Waals surface area (Å²) < 4.78 is 19.5. The zero-order chi connectivity index (χ0) is 21.8. The van der Waals surface area contributed by atoms with Gasteiger partial charge in [0.15, 0.2) is 0 Å². The molecular formula is C23H16ClFN2O2S2. The van der Waals surface area contributed by atoms with Crippen molar-refractivity contribution in [3.63, 3.8) is 0 Å². The molecule has 1 aliphatic rings. The predicted molar refractivity (Wildman–Crippen MR) is 125 cm³/mol. The number of rotatable bonds is 6. The van der Waals surface area contributed by atoms with Gasteiger partial charge in [-0.15, -0.1) is 0 Å². The van der Waals surface area contributed by atoms with E-state index in [1.165, 1.54) is 23.9 Å². The van der Waals surface area contributed by atoms with Gasteiger partial charge in [0, 0.05) is 12.4 Å². The molecule has 1 aromatic heterocycles. The van der Waals surface area contributed by atoms with Crippen molar-refractivity contribution < 1.29 is 13.9 Å². The van der Waals surface area contributed by atoms with E-state index in [1.54, 1.807) is 53.7 Å². The summed E-state index contributed by atoms with van der Waals surface area (Å²) in [4.78, 5) is 19.0. The van der Waals surface area contributed by atoms with E-state index >= 15 is 0 Å². The third-order valence-corrected chi connectivity index (χ3v) is 6.15. The van der Waals surface area contributed by atoms with Gasteiger partial charge >= 0.3 is 0 Å². The van der Waals surface area contributed by atoms with Crippen molar-refractivity contribution in [3.05, 3.63) is 99.4 Å². The fraction of sp³-hybridized carbons (Fsp3) is 0.0870. The molecule has 0 spiro atoms. The monoisotopic (exact) mass is 470 g/mol. The summed E-state index contributed by atoms with van der Waals surface area (Å²) in [7, 11) is 0. The van der Waals surface area contributed by atoms with E-state index in [0.29, 0.717) is 32.1 Å². The van der Waals surface area contributed by atoms with E-state index in [-0.39, 0.29) is 18.3 Å². The standard InChI is InChI=1S/C23H16ClFN2O2S2/c24-19-10-15(6-7-20(19)29-14-16-3-1-5-18(25)9-16)11-21-22(28)27(23(30)31-21)13-17-4-2-8-26-12-17/h1-12H,13-14H2. The lowest BCUT2D eigenvalue weighted by Crippen LogP contribution is -2.27. The van der Waals surface area contributed by atoms with E-state index < -0.39 is 0 Å². The molecule has 3 aromatic rings. The molecule has 0 radical (unpaired) electrons. The second-order valence-electron chi connectivity index (χ2n) is 6.74. The van der Waals surface area contributed by atoms with Gasteiger partial charge in [-0.2, -0.15) is 0 Å². The first-order valence-electron chi connectivity index (χ1n) is 9.30. The topological polar surface area (TPSA) is 42.4 Å². The number of thioether (sulfide) groups is 1. The molecule has 2 heterocycles. The van der Waals surface area contributed by atoms with Crippen molar-refractivity contribution in [2.45, 2.75) is 13.2 Å². The fourth-order valence-electron chi connectivity index (χ4n) is 2.97. The number of carbonyl (C=O) groups excluding carboxylic acids is 1. The highest BCUT2D eigenvalue weighted by molar-refractivity contribution is 8.26. The van der Waals surface area contributed by atoms with E-state index in [4.69, 9.17) is 28.6 Å². The maximum atomic E-state index is 13.3. The molecule has 156 valence electrons. The Labute approximate surface area is 193 Å². The molecule has 1 amide bonds. The Hall–Kier alpha value is -2.74. The van der Waals surface area contributed by atoms with Gasteiger partial charge in [0.2, 0.25) is 0 Å². The van der Waals surface area contributed by atoms with Crippen LogP contribution in [0.2, 0.25) is 5.02 Å². The van der Waals surface area contributed by atoms with Crippen LogP contribution in [0, 0.1) is 5.82 Å². The minimum Gasteiger partial charge on any atom is -0.487 e. The lowest BCUT2D eigenvalue weighted by molar-refractivity contribution is -0.122. The first-order valence-corrected chi connectivity index (χ1v) is 10.9. The summed E-state index contributed by atoms with van der Waals surface area (Å²) in [6, 6.07) is 15.2. The maximum absolute atomic E-state index is 13.3. The van der Waals surface area contributed by atoms with Crippen LogP contribution in [0.3, 0.4) is 0 Å². The zero-order valence-corrected chi connectivity index (χ0v) is 18.5. The third kappa shape index (κ3) is 5.31. The molecule has 4 rings (SSSR count). The Morgan fingerprint density at radius 2 is 2.00 bits per heavy atom. The van der Waals surface area contributed by atoms with E-state index in [2.05, 4.69) is 4.98 Å². The Morgan fingerprint density at radius 1 is 1.16 bits per heavy atom. The molecular weight excluding hydrogens is 455 g/mol. The third-order valence-electron chi connectivity index (χ3n) is 4.47. The van der Waals surface area contributed by atoms with Crippen molar-refractivity contribution in [1.29, 1.82) is 0 Å². The molecule has 0 unspecified atom stereocenters. The van der Waals surface area contributed by atoms with Gasteiger partial charge in [-0.05, 0) is 53.1 Å². The molecule has 8 heteroatoms. The highest BCUT2D eigenvalue weighted by Crippen LogP contribution is 2.35. The second kappa shape index (κ2) is 9.60. The summed E-state index contributed by atoms with van der Waals surface area (Å²) in [5, 5.41) is 0.399. The van der Waals surface area contributed by atoms with Crippen LogP contribution >= 0.6 is 35.6 Å². The van der Waals surface area contributed by atoms with Crippen LogP contribution in [-0.2, 0) is 17.9 Å². The minimum atomic E-state index is -0.316. The fourth-order valence-corrected chi connectivity index (χ4v) is 4.47. The van der Waals surface area contributed by atoms with Gasteiger partial charge in [0.05, 0.1) is 16.5 Å². The number of pyridine rings is 1. The van der Waals surface area contributed by atoms with Crippen LogP contribution in [0.4, 0.5) is 4.39 Å². The average molecular weight is 471 g/mol. The number of amides is 1. The Morgan fingerprint density at radius 3 is 2.74 bits per heavy atom. The summed E-state index contributed by atoms with van der Waals surface area (Å²) in [6.45, 7) is 0.577. The number of aromatic nitrogens is 1. The number of hydrogen-bond acceptors (Lipinski definition) is 5. The number of carbonyl (C=O) groups is 1. The van der Waals surface area contributed by atoms with Crippen molar-refractivity contribution >= 4 is 51.9 Å². The molecule has 0 N–H and O–H groups in total. The molecule has 0 aliphatic carbocycles. The first-order chi connectivity index (χ1) is 15.0. The molecule has 1 saturated heterocycles. The summed E-state index contributed by atoms with van der Waals surface area (Å²) >= 11 is 13.0. The molecule has 31 heavy (non-hydrogen) atoms. The smallest absolute Gasteiger partial charge is 0.266 e. The number of hydrogen-bond donors (Lipinski definition) is 0. The normalized spacial score (nSPS) is 15.0. The molecule has 1 fully saturated rings. The molecule has 0 atom stereocenters. The van der Waals surface area contributed by atoms with Gasteiger partial charge in [0.25, 0.3) is 5.91 Å². The summed E-state index contributed by atoms with van der Waals surface area (Å²) in [6.07, 6.45) is 5.15. The molecule has 4 nitrogen and oxygen atoms in total. The molecule has 0 saturated carbocycles.